The molecule has 3 heteroatoms. The molecule has 0 aliphatic carbocycles. The Bertz CT molecular complexity index is 436. The van der Waals surface area contributed by atoms with Gasteiger partial charge in [-0.3, -0.25) is 0 Å². The van der Waals surface area contributed by atoms with Gasteiger partial charge in [-0.2, -0.15) is 0 Å². The summed E-state index contributed by atoms with van der Waals surface area (Å²) in [6.07, 6.45) is 2.12. The molecule has 0 spiro atoms. The Morgan fingerprint density at radius 1 is 1.18 bits per heavy atom. The molecule has 17 heavy (non-hydrogen) atoms. The van der Waals surface area contributed by atoms with E-state index in [1.165, 1.54) is 16.3 Å². The fourth-order valence-corrected chi connectivity index (χ4v) is 2.49. The van der Waals surface area contributed by atoms with Crippen LogP contribution in [-0.4, -0.2) is 11.5 Å². The van der Waals surface area contributed by atoms with Crippen LogP contribution in [0.5, 0.6) is 0 Å². The summed E-state index contributed by atoms with van der Waals surface area (Å²) in [5.74, 6) is 0. The van der Waals surface area contributed by atoms with E-state index in [9.17, 15) is 0 Å². The van der Waals surface area contributed by atoms with Gasteiger partial charge in [-0.05, 0) is 18.5 Å². The highest BCUT2D eigenvalue weighted by atomic mass is 32.1. The first kappa shape index (κ1) is 12.3. The van der Waals surface area contributed by atoms with E-state index in [4.69, 9.17) is 0 Å². The van der Waals surface area contributed by atoms with Gasteiger partial charge in [0.05, 0.1) is 10.7 Å². The summed E-state index contributed by atoms with van der Waals surface area (Å²) in [4.78, 5) is 4.62. The molecular formula is C14H18N2S. The third-order valence-corrected chi connectivity index (χ3v) is 3.58. The van der Waals surface area contributed by atoms with Gasteiger partial charge < -0.3 is 5.32 Å². The SMILES string of the molecule is CCNCc1csc(CCc2ccccc2)n1. The Labute approximate surface area is 107 Å². The first-order valence-electron chi connectivity index (χ1n) is 6.06. The number of aromatic nitrogens is 1. The van der Waals surface area contributed by atoms with Crippen LogP contribution in [0.25, 0.3) is 0 Å². The molecule has 0 unspecified atom stereocenters. The van der Waals surface area contributed by atoms with Crippen molar-refractivity contribution in [3.8, 4) is 0 Å². The van der Waals surface area contributed by atoms with Crippen LogP contribution in [-0.2, 0) is 19.4 Å². The maximum absolute atomic E-state index is 4.62. The van der Waals surface area contributed by atoms with Crippen LogP contribution in [0.3, 0.4) is 0 Å². The second kappa shape index (κ2) is 6.52. The van der Waals surface area contributed by atoms with Gasteiger partial charge in [0.1, 0.15) is 0 Å². The zero-order valence-electron chi connectivity index (χ0n) is 10.1. The number of nitrogens with zero attached hydrogens (tertiary/aromatic N) is 1. The molecule has 1 N–H and O–H groups in total. The summed E-state index contributed by atoms with van der Waals surface area (Å²) in [5, 5.41) is 6.69. The van der Waals surface area contributed by atoms with Crippen molar-refractivity contribution in [2.45, 2.75) is 26.3 Å². The lowest BCUT2D eigenvalue weighted by Gasteiger charge is -1.98. The number of hydrogen-bond donors (Lipinski definition) is 1. The van der Waals surface area contributed by atoms with Crippen molar-refractivity contribution in [2.75, 3.05) is 6.54 Å². The summed E-state index contributed by atoms with van der Waals surface area (Å²) >= 11 is 1.77. The highest BCUT2D eigenvalue weighted by Crippen LogP contribution is 2.13. The third-order valence-electron chi connectivity index (χ3n) is 2.63. The minimum atomic E-state index is 0.887. The van der Waals surface area contributed by atoms with Crippen molar-refractivity contribution in [1.29, 1.82) is 0 Å². The van der Waals surface area contributed by atoms with Gasteiger partial charge in [-0.15, -0.1) is 11.3 Å². The highest BCUT2D eigenvalue weighted by molar-refractivity contribution is 7.09. The van der Waals surface area contributed by atoms with Crippen LogP contribution in [0.1, 0.15) is 23.2 Å². The minimum Gasteiger partial charge on any atom is -0.311 e. The molecule has 90 valence electrons. The standard InChI is InChI=1S/C14H18N2S/c1-2-15-10-13-11-17-14(16-13)9-8-12-6-4-3-5-7-12/h3-7,11,15H,2,8-10H2,1H3. The predicted octanol–water partition coefficient (Wildman–Crippen LogP) is 3.04. The van der Waals surface area contributed by atoms with Gasteiger partial charge in [0, 0.05) is 18.3 Å². The largest absolute Gasteiger partial charge is 0.311 e. The normalized spacial score (nSPS) is 10.6. The summed E-state index contributed by atoms with van der Waals surface area (Å²) in [6.45, 7) is 4.00. The first-order valence-corrected chi connectivity index (χ1v) is 6.94. The smallest absolute Gasteiger partial charge is 0.0932 e. The number of thiazole rings is 1. The molecule has 2 nitrogen and oxygen atoms in total. The molecule has 2 rings (SSSR count). The van der Waals surface area contributed by atoms with Crippen LogP contribution in [0.2, 0.25) is 0 Å². The molecule has 1 aromatic heterocycles. The molecule has 2 aromatic rings. The summed E-state index contributed by atoms with van der Waals surface area (Å²) < 4.78 is 0. The van der Waals surface area contributed by atoms with Gasteiger partial charge in [-0.25, -0.2) is 4.98 Å². The monoisotopic (exact) mass is 246 g/mol. The van der Waals surface area contributed by atoms with E-state index in [2.05, 4.69) is 52.9 Å². The number of nitrogens with one attached hydrogen (secondary N) is 1. The molecular weight excluding hydrogens is 228 g/mol. The Morgan fingerprint density at radius 3 is 2.76 bits per heavy atom. The maximum Gasteiger partial charge on any atom is 0.0932 e. The molecule has 0 aliphatic heterocycles. The van der Waals surface area contributed by atoms with Gasteiger partial charge in [0.15, 0.2) is 0 Å². The second-order valence-electron chi connectivity index (χ2n) is 4.00. The van der Waals surface area contributed by atoms with E-state index < -0.39 is 0 Å². The number of aryl methyl sites for hydroxylation is 2. The van der Waals surface area contributed by atoms with Crippen LogP contribution in [0.4, 0.5) is 0 Å². The van der Waals surface area contributed by atoms with Crippen molar-refractivity contribution in [2.24, 2.45) is 0 Å². The van der Waals surface area contributed by atoms with Crippen molar-refractivity contribution in [3.05, 3.63) is 52.0 Å². The topological polar surface area (TPSA) is 24.9 Å². The van der Waals surface area contributed by atoms with E-state index >= 15 is 0 Å². The molecule has 0 saturated carbocycles. The highest BCUT2D eigenvalue weighted by Gasteiger charge is 2.02. The van der Waals surface area contributed by atoms with Gasteiger partial charge in [0.25, 0.3) is 0 Å². The summed E-state index contributed by atoms with van der Waals surface area (Å²) in [5.41, 5.74) is 2.55. The van der Waals surface area contributed by atoms with Gasteiger partial charge in [-0.1, -0.05) is 37.3 Å². The van der Waals surface area contributed by atoms with Crippen molar-refractivity contribution in [3.63, 3.8) is 0 Å². The van der Waals surface area contributed by atoms with Crippen LogP contribution in [0, 0.1) is 0 Å². The number of benzene rings is 1. The number of hydrogen-bond acceptors (Lipinski definition) is 3. The maximum atomic E-state index is 4.62. The molecule has 0 amide bonds. The lowest BCUT2D eigenvalue weighted by atomic mass is 10.1. The molecule has 0 atom stereocenters. The van der Waals surface area contributed by atoms with E-state index in [1.807, 2.05) is 0 Å². The third kappa shape index (κ3) is 3.95. The quantitative estimate of drug-likeness (QED) is 0.847. The summed E-state index contributed by atoms with van der Waals surface area (Å²) in [6, 6.07) is 10.6. The molecule has 1 heterocycles. The fraction of sp³-hybridized carbons (Fsp3) is 0.357. The molecule has 0 radical (unpaired) electrons. The van der Waals surface area contributed by atoms with Crippen molar-refractivity contribution < 1.29 is 0 Å². The van der Waals surface area contributed by atoms with Crippen molar-refractivity contribution >= 4 is 11.3 Å². The van der Waals surface area contributed by atoms with Crippen molar-refractivity contribution in [1.82, 2.24) is 10.3 Å². The lowest BCUT2D eigenvalue weighted by Crippen LogP contribution is -2.11. The first-order chi connectivity index (χ1) is 8.38. The molecule has 1 aromatic carbocycles. The van der Waals surface area contributed by atoms with Crippen LogP contribution in [0.15, 0.2) is 35.7 Å². The minimum absolute atomic E-state index is 0.887. The van der Waals surface area contributed by atoms with E-state index in [1.54, 1.807) is 11.3 Å². The zero-order chi connectivity index (χ0) is 11.9. The second-order valence-corrected chi connectivity index (χ2v) is 4.94. The predicted molar refractivity (Wildman–Crippen MR) is 73.3 cm³/mol. The van der Waals surface area contributed by atoms with Gasteiger partial charge >= 0.3 is 0 Å². The van der Waals surface area contributed by atoms with Gasteiger partial charge in [0.2, 0.25) is 0 Å². The Balaban J connectivity index is 1.85. The van der Waals surface area contributed by atoms with Crippen LogP contribution < -0.4 is 5.32 Å². The van der Waals surface area contributed by atoms with Crippen LogP contribution >= 0.6 is 11.3 Å². The zero-order valence-corrected chi connectivity index (χ0v) is 11.0. The Hall–Kier alpha value is -1.19. The average Bonchev–Trinajstić information content (AvgIpc) is 2.83. The lowest BCUT2D eigenvalue weighted by molar-refractivity contribution is 0.711. The fourth-order valence-electron chi connectivity index (χ4n) is 1.69. The Morgan fingerprint density at radius 2 is 2.00 bits per heavy atom. The molecule has 0 fully saturated rings. The van der Waals surface area contributed by atoms with E-state index in [-0.39, 0.29) is 0 Å². The molecule has 0 bridgehead atoms. The van der Waals surface area contributed by atoms with E-state index in [0.29, 0.717) is 0 Å². The summed E-state index contributed by atoms with van der Waals surface area (Å²) in [7, 11) is 0. The molecule has 0 saturated heterocycles. The van der Waals surface area contributed by atoms with E-state index in [0.717, 1.165) is 25.9 Å². The Kier molecular flexibility index (Phi) is 4.71. The molecule has 0 aliphatic rings. The number of rotatable bonds is 6. The average molecular weight is 246 g/mol.